The molecule has 0 amide bonds. The number of ether oxygens (including phenoxy) is 1. The number of allylic oxidation sites excluding steroid dienone is 5. The Labute approximate surface area is 132 Å². The third-order valence-corrected chi connectivity index (χ3v) is 3.94. The first-order chi connectivity index (χ1) is 10.8. The first kappa shape index (κ1) is 14.8. The van der Waals surface area contributed by atoms with E-state index in [0.29, 0.717) is 0 Å². The van der Waals surface area contributed by atoms with Crippen molar-refractivity contribution in [3.63, 3.8) is 0 Å². The molecule has 1 aromatic carbocycles. The minimum absolute atomic E-state index is 0.181. The van der Waals surface area contributed by atoms with Gasteiger partial charge in [0, 0.05) is 30.4 Å². The van der Waals surface area contributed by atoms with Crippen LogP contribution in [0.5, 0.6) is 0 Å². The second kappa shape index (κ2) is 6.75. The van der Waals surface area contributed by atoms with Gasteiger partial charge in [0.25, 0.3) is 0 Å². The molecular formula is C19H22N2O. The Morgan fingerprint density at radius 1 is 1.23 bits per heavy atom. The van der Waals surface area contributed by atoms with Crippen LogP contribution in [0, 0.1) is 0 Å². The third kappa shape index (κ3) is 3.20. The molecule has 2 aliphatic rings. The summed E-state index contributed by atoms with van der Waals surface area (Å²) in [5, 5.41) is 0. The van der Waals surface area contributed by atoms with E-state index >= 15 is 0 Å². The molecule has 1 fully saturated rings. The van der Waals surface area contributed by atoms with E-state index in [1.165, 1.54) is 11.3 Å². The van der Waals surface area contributed by atoms with Gasteiger partial charge in [0.2, 0.25) is 0 Å². The SMILES string of the molecule is C=C(C)/N=C1/C=CC=CC1c1ccccc1N1CCOCC1. The Balaban J connectivity index is 1.98. The van der Waals surface area contributed by atoms with Crippen molar-refractivity contribution in [3.05, 3.63) is 66.4 Å². The van der Waals surface area contributed by atoms with E-state index in [1.54, 1.807) is 0 Å². The maximum atomic E-state index is 5.48. The highest BCUT2D eigenvalue weighted by atomic mass is 16.5. The lowest BCUT2D eigenvalue weighted by Crippen LogP contribution is -2.37. The van der Waals surface area contributed by atoms with Crippen LogP contribution >= 0.6 is 0 Å². The van der Waals surface area contributed by atoms with Crippen LogP contribution in [0.1, 0.15) is 18.4 Å². The average molecular weight is 294 g/mol. The summed E-state index contributed by atoms with van der Waals surface area (Å²) in [6.07, 6.45) is 8.42. The van der Waals surface area contributed by atoms with E-state index in [4.69, 9.17) is 4.74 Å². The molecule has 1 saturated heterocycles. The van der Waals surface area contributed by atoms with Crippen LogP contribution in [0.4, 0.5) is 5.69 Å². The summed E-state index contributed by atoms with van der Waals surface area (Å²) in [5.74, 6) is 0.181. The molecule has 3 rings (SSSR count). The lowest BCUT2D eigenvalue weighted by atomic mass is 9.89. The highest BCUT2D eigenvalue weighted by molar-refractivity contribution is 6.04. The molecule has 0 bridgehead atoms. The largest absolute Gasteiger partial charge is 0.378 e. The smallest absolute Gasteiger partial charge is 0.0642 e. The molecule has 0 saturated carbocycles. The molecule has 1 aromatic rings. The molecule has 0 radical (unpaired) electrons. The van der Waals surface area contributed by atoms with Gasteiger partial charge in [-0.15, -0.1) is 0 Å². The zero-order valence-electron chi connectivity index (χ0n) is 13.0. The van der Waals surface area contributed by atoms with Gasteiger partial charge in [-0.2, -0.15) is 0 Å². The second-order valence-electron chi connectivity index (χ2n) is 5.65. The molecule has 3 nitrogen and oxygen atoms in total. The first-order valence-corrected chi connectivity index (χ1v) is 7.76. The molecule has 1 unspecified atom stereocenters. The molecule has 1 heterocycles. The topological polar surface area (TPSA) is 24.8 Å². The molecule has 1 aliphatic heterocycles. The van der Waals surface area contributed by atoms with Gasteiger partial charge in [-0.3, -0.25) is 4.99 Å². The minimum Gasteiger partial charge on any atom is -0.378 e. The van der Waals surface area contributed by atoms with Gasteiger partial charge in [-0.05, 0) is 24.6 Å². The van der Waals surface area contributed by atoms with Gasteiger partial charge < -0.3 is 9.64 Å². The summed E-state index contributed by atoms with van der Waals surface area (Å²) in [7, 11) is 0. The molecule has 0 spiro atoms. The van der Waals surface area contributed by atoms with E-state index in [9.17, 15) is 0 Å². The normalized spacial score (nSPS) is 23.0. The molecule has 1 atom stereocenters. The van der Waals surface area contributed by atoms with Crippen LogP contribution in [0.3, 0.4) is 0 Å². The number of nitrogens with zero attached hydrogens (tertiary/aromatic N) is 2. The first-order valence-electron chi connectivity index (χ1n) is 7.76. The van der Waals surface area contributed by atoms with Crippen molar-refractivity contribution in [2.24, 2.45) is 4.99 Å². The predicted molar refractivity (Wildman–Crippen MR) is 92.7 cm³/mol. The molecule has 114 valence electrons. The monoisotopic (exact) mass is 294 g/mol. The number of aliphatic imine (C=N–C) groups is 1. The van der Waals surface area contributed by atoms with Crippen LogP contribution in [0.25, 0.3) is 0 Å². The van der Waals surface area contributed by atoms with Gasteiger partial charge in [-0.1, -0.05) is 43.0 Å². The summed E-state index contributed by atoms with van der Waals surface area (Å²) < 4.78 is 5.48. The zero-order valence-corrected chi connectivity index (χ0v) is 13.0. The number of hydrogen-bond acceptors (Lipinski definition) is 3. The van der Waals surface area contributed by atoms with Crippen molar-refractivity contribution in [2.75, 3.05) is 31.2 Å². The molecule has 1 aliphatic carbocycles. The van der Waals surface area contributed by atoms with Gasteiger partial charge in [0.05, 0.1) is 18.9 Å². The van der Waals surface area contributed by atoms with Crippen molar-refractivity contribution in [1.29, 1.82) is 0 Å². The Morgan fingerprint density at radius 3 is 2.77 bits per heavy atom. The van der Waals surface area contributed by atoms with Crippen LogP contribution in [-0.4, -0.2) is 32.0 Å². The molecular weight excluding hydrogens is 272 g/mol. The number of hydrogen-bond donors (Lipinski definition) is 0. The summed E-state index contributed by atoms with van der Waals surface area (Å²) in [5.41, 5.74) is 4.47. The second-order valence-corrected chi connectivity index (χ2v) is 5.65. The fraction of sp³-hybridized carbons (Fsp3) is 0.316. The van der Waals surface area contributed by atoms with Gasteiger partial charge in [-0.25, -0.2) is 0 Å². The van der Waals surface area contributed by atoms with E-state index in [1.807, 2.05) is 13.0 Å². The highest BCUT2D eigenvalue weighted by Gasteiger charge is 2.22. The quantitative estimate of drug-likeness (QED) is 0.849. The Hall–Kier alpha value is -2.13. The Kier molecular flexibility index (Phi) is 4.54. The third-order valence-electron chi connectivity index (χ3n) is 3.94. The lowest BCUT2D eigenvalue weighted by Gasteiger charge is -2.32. The predicted octanol–water partition coefficient (Wildman–Crippen LogP) is 3.71. The molecule has 0 N–H and O–H groups in total. The highest BCUT2D eigenvalue weighted by Crippen LogP contribution is 2.32. The van der Waals surface area contributed by atoms with Crippen LogP contribution in [0.2, 0.25) is 0 Å². The van der Waals surface area contributed by atoms with Crippen molar-refractivity contribution in [2.45, 2.75) is 12.8 Å². The van der Waals surface area contributed by atoms with Crippen LogP contribution < -0.4 is 4.90 Å². The maximum absolute atomic E-state index is 5.48. The lowest BCUT2D eigenvalue weighted by molar-refractivity contribution is 0.122. The van der Waals surface area contributed by atoms with E-state index < -0.39 is 0 Å². The fourth-order valence-corrected chi connectivity index (χ4v) is 2.96. The number of rotatable bonds is 3. The van der Waals surface area contributed by atoms with Crippen molar-refractivity contribution in [1.82, 2.24) is 0 Å². The van der Waals surface area contributed by atoms with Gasteiger partial charge in [0.1, 0.15) is 0 Å². The number of benzene rings is 1. The molecule has 22 heavy (non-hydrogen) atoms. The summed E-state index contributed by atoms with van der Waals surface area (Å²) in [6, 6.07) is 8.61. The van der Waals surface area contributed by atoms with Gasteiger partial charge in [0.15, 0.2) is 0 Å². The van der Waals surface area contributed by atoms with Crippen LogP contribution in [0.15, 0.2) is 65.8 Å². The van der Waals surface area contributed by atoms with E-state index in [2.05, 4.69) is 59.0 Å². The summed E-state index contributed by atoms with van der Waals surface area (Å²) >= 11 is 0. The minimum atomic E-state index is 0.181. The van der Waals surface area contributed by atoms with Crippen LogP contribution in [-0.2, 0) is 4.74 Å². The van der Waals surface area contributed by atoms with E-state index in [-0.39, 0.29) is 5.92 Å². The van der Waals surface area contributed by atoms with Crippen molar-refractivity contribution in [3.8, 4) is 0 Å². The Morgan fingerprint density at radius 2 is 2.00 bits per heavy atom. The molecule has 0 aromatic heterocycles. The fourth-order valence-electron chi connectivity index (χ4n) is 2.96. The molecule has 3 heteroatoms. The van der Waals surface area contributed by atoms with Gasteiger partial charge >= 0.3 is 0 Å². The number of anilines is 1. The van der Waals surface area contributed by atoms with E-state index in [0.717, 1.165) is 37.7 Å². The maximum Gasteiger partial charge on any atom is 0.0642 e. The van der Waals surface area contributed by atoms with Crippen molar-refractivity contribution >= 4 is 11.4 Å². The Bertz CT molecular complexity index is 637. The number of morpholine rings is 1. The number of para-hydroxylation sites is 1. The zero-order chi connectivity index (χ0) is 15.4. The summed E-state index contributed by atoms with van der Waals surface area (Å²) in [4.78, 5) is 7.03. The standard InChI is InChI=1S/C19H22N2O/c1-15(2)20-18-9-5-3-7-16(18)17-8-4-6-10-19(17)21-11-13-22-14-12-21/h3-10,16H,1,11-14H2,2H3/b20-18-. The summed E-state index contributed by atoms with van der Waals surface area (Å²) in [6.45, 7) is 9.32. The van der Waals surface area contributed by atoms with Crippen molar-refractivity contribution < 1.29 is 4.74 Å². The average Bonchev–Trinajstić information content (AvgIpc) is 2.56.